The highest BCUT2D eigenvalue weighted by Gasteiger charge is 2.26. The van der Waals surface area contributed by atoms with E-state index in [1.807, 2.05) is 65.4 Å². The van der Waals surface area contributed by atoms with Gasteiger partial charge in [0.2, 0.25) is 5.91 Å². The number of carbonyl (C=O) groups excluding carboxylic acids is 1. The summed E-state index contributed by atoms with van der Waals surface area (Å²) in [6.45, 7) is 4.05. The SMILES string of the molecule is CN(C(=O)C(C)(C)N)c1ccc(N=C(c2ccc(Cn3ccnc3)cc2)c2c(O)[nH]c3cc(Cl)ccc23)cc1. The van der Waals surface area contributed by atoms with Crippen molar-refractivity contribution in [2.45, 2.75) is 25.9 Å². The van der Waals surface area contributed by atoms with E-state index in [1.165, 1.54) is 4.90 Å². The Morgan fingerprint density at radius 2 is 1.85 bits per heavy atom. The number of amides is 1. The molecule has 2 heterocycles. The third-order valence-corrected chi connectivity index (χ3v) is 6.70. The molecule has 8 nitrogen and oxygen atoms in total. The molecule has 0 aliphatic carbocycles. The Morgan fingerprint density at radius 3 is 2.49 bits per heavy atom. The summed E-state index contributed by atoms with van der Waals surface area (Å²) in [5, 5.41) is 12.3. The molecule has 0 unspecified atom stereocenters. The number of hydrogen-bond acceptors (Lipinski definition) is 5. The summed E-state index contributed by atoms with van der Waals surface area (Å²) in [5.74, 6) is -0.196. The van der Waals surface area contributed by atoms with Crippen LogP contribution in [0.25, 0.3) is 10.9 Å². The second-order valence-corrected chi connectivity index (χ2v) is 10.5. The Morgan fingerprint density at radius 1 is 1.13 bits per heavy atom. The fourth-order valence-electron chi connectivity index (χ4n) is 4.45. The minimum atomic E-state index is -0.988. The summed E-state index contributed by atoms with van der Waals surface area (Å²) < 4.78 is 1.99. The topological polar surface area (TPSA) is 113 Å². The Balaban J connectivity index is 1.56. The first kappa shape index (κ1) is 26.2. The summed E-state index contributed by atoms with van der Waals surface area (Å²) in [6, 6.07) is 20.8. The molecule has 4 N–H and O–H groups in total. The normalized spacial score (nSPS) is 12.2. The fourth-order valence-corrected chi connectivity index (χ4v) is 4.62. The van der Waals surface area contributed by atoms with Gasteiger partial charge in [-0.2, -0.15) is 0 Å². The van der Waals surface area contributed by atoms with Gasteiger partial charge in [-0.3, -0.25) is 4.79 Å². The maximum Gasteiger partial charge on any atom is 0.246 e. The molecule has 0 radical (unpaired) electrons. The number of aliphatic imine (C=N–C) groups is 1. The van der Waals surface area contributed by atoms with E-state index in [0.29, 0.717) is 39.7 Å². The lowest BCUT2D eigenvalue weighted by Crippen LogP contribution is -2.49. The van der Waals surface area contributed by atoms with E-state index in [4.69, 9.17) is 22.3 Å². The van der Waals surface area contributed by atoms with Gasteiger partial charge in [-0.1, -0.05) is 41.9 Å². The van der Waals surface area contributed by atoms with E-state index in [9.17, 15) is 9.90 Å². The van der Waals surface area contributed by atoms with E-state index in [2.05, 4.69) is 9.97 Å². The van der Waals surface area contributed by atoms with Crippen LogP contribution in [0.1, 0.15) is 30.5 Å². The number of fused-ring (bicyclic) bond motifs is 1. The molecule has 39 heavy (non-hydrogen) atoms. The van der Waals surface area contributed by atoms with Crippen molar-refractivity contribution >= 4 is 45.5 Å². The number of aromatic amines is 1. The Kier molecular flexibility index (Phi) is 6.99. The number of carbonyl (C=O) groups is 1. The number of nitrogens with zero attached hydrogens (tertiary/aromatic N) is 4. The molecule has 0 atom stereocenters. The number of hydrogen-bond donors (Lipinski definition) is 3. The Bertz CT molecular complexity index is 1650. The highest BCUT2D eigenvalue weighted by atomic mass is 35.5. The number of nitrogens with two attached hydrogens (primary N) is 1. The number of aromatic hydroxyl groups is 1. The van der Waals surface area contributed by atoms with E-state index < -0.39 is 5.54 Å². The van der Waals surface area contributed by atoms with Crippen LogP contribution in [-0.4, -0.2) is 43.8 Å². The van der Waals surface area contributed by atoms with Crippen LogP contribution < -0.4 is 10.6 Å². The van der Waals surface area contributed by atoms with Crippen molar-refractivity contribution in [1.82, 2.24) is 14.5 Å². The number of halogens is 1. The third-order valence-electron chi connectivity index (χ3n) is 6.46. The van der Waals surface area contributed by atoms with Gasteiger partial charge in [0.15, 0.2) is 5.88 Å². The average molecular weight is 541 g/mol. The first-order valence-corrected chi connectivity index (χ1v) is 12.8. The Hall–Kier alpha value is -4.40. The number of aromatic nitrogens is 3. The average Bonchev–Trinajstić information content (AvgIpc) is 3.53. The Labute approximate surface area is 231 Å². The largest absolute Gasteiger partial charge is 0.494 e. The van der Waals surface area contributed by atoms with E-state index in [-0.39, 0.29) is 11.8 Å². The molecular formula is C30H29ClN6O2. The summed E-state index contributed by atoms with van der Waals surface area (Å²) in [5.41, 5.74) is 10.2. The molecule has 9 heteroatoms. The highest BCUT2D eigenvalue weighted by molar-refractivity contribution is 6.31. The van der Waals surface area contributed by atoms with Crippen molar-refractivity contribution in [3.05, 3.63) is 107 Å². The summed E-state index contributed by atoms with van der Waals surface area (Å²) in [7, 11) is 1.70. The summed E-state index contributed by atoms with van der Waals surface area (Å²) in [6.07, 6.45) is 5.44. The van der Waals surface area contributed by atoms with Crippen LogP contribution in [0.4, 0.5) is 11.4 Å². The van der Waals surface area contributed by atoms with Crippen LogP contribution in [0.3, 0.4) is 0 Å². The molecule has 3 aromatic carbocycles. The van der Waals surface area contributed by atoms with Crippen molar-refractivity contribution in [2.75, 3.05) is 11.9 Å². The number of imidazole rings is 1. The van der Waals surface area contributed by atoms with Crippen molar-refractivity contribution in [1.29, 1.82) is 0 Å². The highest BCUT2D eigenvalue weighted by Crippen LogP contribution is 2.33. The number of rotatable bonds is 7. The molecule has 0 bridgehead atoms. The zero-order valence-electron chi connectivity index (χ0n) is 21.9. The lowest BCUT2D eigenvalue weighted by molar-refractivity contribution is -0.122. The van der Waals surface area contributed by atoms with E-state index in [0.717, 1.165) is 16.5 Å². The molecule has 0 saturated heterocycles. The number of H-pyrrole nitrogens is 1. The van der Waals surface area contributed by atoms with Crippen molar-refractivity contribution in [3.63, 3.8) is 0 Å². The van der Waals surface area contributed by atoms with Gasteiger partial charge in [0.1, 0.15) is 0 Å². The molecule has 5 aromatic rings. The van der Waals surface area contributed by atoms with Crippen LogP contribution >= 0.6 is 11.6 Å². The summed E-state index contributed by atoms with van der Waals surface area (Å²) >= 11 is 6.20. The maximum absolute atomic E-state index is 12.6. The van der Waals surface area contributed by atoms with Crippen molar-refractivity contribution < 1.29 is 9.90 Å². The van der Waals surface area contributed by atoms with Gasteiger partial charge in [0.25, 0.3) is 0 Å². The van der Waals surface area contributed by atoms with Gasteiger partial charge >= 0.3 is 0 Å². The molecule has 0 saturated carbocycles. The van der Waals surface area contributed by atoms with Gasteiger partial charge in [-0.25, -0.2) is 9.98 Å². The minimum Gasteiger partial charge on any atom is -0.494 e. The zero-order valence-corrected chi connectivity index (χ0v) is 22.6. The zero-order chi connectivity index (χ0) is 27.7. The van der Waals surface area contributed by atoms with Gasteiger partial charge < -0.3 is 25.3 Å². The standard InChI is InChI=1S/C30H29ClN6O2/c1-30(2,32)29(39)36(3)23-11-9-22(10-12-23)34-27(26-24-13-8-21(31)16-25(24)35-28(26)38)20-6-4-19(5-7-20)17-37-15-14-33-18-37/h4-16,18,35,38H,17,32H2,1-3H3. The van der Waals surface area contributed by atoms with Crippen LogP contribution in [-0.2, 0) is 11.3 Å². The quantitative estimate of drug-likeness (QED) is 0.232. The molecule has 0 spiro atoms. The van der Waals surface area contributed by atoms with Crippen LogP contribution in [0.15, 0.2) is 90.4 Å². The number of anilines is 1. The van der Waals surface area contributed by atoms with Crippen LogP contribution in [0.2, 0.25) is 5.02 Å². The van der Waals surface area contributed by atoms with Crippen LogP contribution in [0, 0.1) is 0 Å². The van der Waals surface area contributed by atoms with Gasteiger partial charge in [0, 0.05) is 47.6 Å². The predicted octanol–water partition coefficient (Wildman–Crippen LogP) is 5.64. The van der Waals surface area contributed by atoms with Gasteiger partial charge in [0.05, 0.1) is 34.3 Å². The molecule has 1 amide bonds. The fraction of sp³-hybridized carbons (Fsp3) is 0.167. The monoisotopic (exact) mass is 540 g/mol. The smallest absolute Gasteiger partial charge is 0.246 e. The minimum absolute atomic E-state index is 0.000589. The lowest BCUT2D eigenvalue weighted by atomic mass is 9.99. The van der Waals surface area contributed by atoms with E-state index in [1.54, 1.807) is 45.6 Å². The lowest BCUT2D eigenvalue weighted by Gasteiger charge is -2.25. The predicted molar refractivity (Wildman–Crippen MR) is 156 cm³/mol. The van der Waals surface area contributed by atoms with E-state index >= 15 is 0 Å². The molecule has 198 valence electrons. The van der Waals surface area contributed by atoms with Gasteiger partial charge in [-0.05, 0) is 55.8 Å². The summed E-state index contributed by atoms with van der Waals surface area (Å²) in [4.78, 5) is 26.2. The molecule has 0 fully saturated rings. The first-order chi connectivity index (χ1) is 18.6. The molecule has 2 aromatic heterocycles. The third kappa shape index (κ3) is 5.57. The van der Waals surface area contributed by atoms with Gasteiger partial charge in [-0.15, -0.1) is 0 Å². The second-order valence-electron chi connectivity index (χ2n) is 10.0. The molecule has 0 aliphatic heterocycles. The molecular weight excluding hydrogens is 512 g/mol. The van der Waals surface area contributed by atoms with Crippen LogP contribution in [0.5, 0.6) is 5.88 Å². The van der Waals surface area contributed by atoms with Crippen molar-refractivity contribution in [3.8, 4) is 5.88 Å². The maximum atomic E-state index is 12.6. The number of benzene rings is 3. The molecule has 5 rings (SSSR count). The van der Waals surface area contributed by atoms with Crippen molar-refractivity contribution in [2.24, 2.45) is 10.7 Å². The second kappa shape index (κ2) is 10.4. The number of nitrogens with one attached hydrogen (secondary N) is 1. The number of likely N-dealkylation sites (N-methyl/N-ethyl adjacent to an activating group) is 1. The first-order valence-electron chi connectivity index (χ1n) is 12.4. The molecule has 0 aliphatic rings.